The van der Waals surface area contributed by atoms with E-state index in [9.17, 15) is 9.59 Å². The highest BCUT2D eigenvalue weighted by atomic mass is 35.5. The number of hydrazone groups is 1. The summed E-state index contributed by atoms with van der Waals surface area (Å²) in [7, 11) is -0.838. The second kappa shape index (κ2) is 40.4. The van der Waals surface area contributed by atoms with E-state index in [2.05, 4.69) is 188 Å². The Hall–Kier alpha value is -12.2. The molecular formula is C103H93B2Cl7N12O6. The molecule has 2 fully saturated rings. The zero-order valence-electron chi connectivity index (χ0n) is 72.8. The minimum atomic E-state index is -0.461. The van der Waals surface area contributed by atoms with E-state index in [0.29, 0.717) is 52.6 Å². The number of benzene rings is 13. The van der Waals surface area contributed by atoms with Gasteiger partial charge in [0.05, 0.1) is 66.9 Å². The molecule has 0 aliphatic carbocycles. The Bertz CT molecular complexity index is 7120. The fourth-order valence-electron chi connectivity index (χ4n) is 14.5. The van der Waals surface area contributed by atoms with Gasteiger partial charge < -0.3 is 46.2 Å². The lowest BCUT2D eigenvalue weighted by Gasteiger charge is -2.32. The van der Waals surface area contributed by atoms with Gasteiger partial charge in [0.15, 0.2) is 5.78 Å². The Morgan fingerprint density at radius 2 is 0.800 bits per heavy atom. The van der Waals surface area contributed by atoms with Crippen LogP contribution < -0.4 is 44.8 Å². The number of nitrogens with one attached hydrogen (secondary N) is 3. The van der Waals surface area contributed by atoms with Crippen molar-refractivity contribution in [3.8, 4) is 34.0 Å². The van der Waals surface area contributed by atoms with Crippen LogP contribution in [0.15, 0.2) is 321 Å². The van der Waals surface area contributed by atoms with Crippen molar-refractivity contribution in [1.29, 1.82) is 0 Å². The van der Waals surface area contributed by atoms with Gasteiger partial charge in [-0.25, -0.2) is 9.97 Å². The van der Waals surface area contributed by atoms with Crippen LogP contribution in [0.25, 0.3) is 99.6 Å². The summed E-state index contributed by atoms with van der Waals surface area (Å²) in [6, 6.07) is 101. The number of hydrazine groups is 1. The molecular weight excluding hydrogens is 1770 g/mol. The number of Topliss-reactive ketones (excluding diaryl/α,β-unsaturated/α-hetero) is 1. The number of fused-ring (bicyclic) bond motifs is 11. The number of hydrogen-bond donors (Lipinski definition) is 7. The predicted molar refractivity (Wildman–Crippen MR) is 546 cm³/mol. The topological polar surface area (TPSA) is 262 Å². The number of carbonyl (C=O) groups is 2. The van der Waals surface area contributed by atoms with Gasteiger partial charge >= 0.3 is 14.2 Å². The summed E-state index contributed by atoms with van der Waals surface area (Å²) in [5.74, 6) is 6.81. The maximum absolute atomic E-state index is 10.9. The zero-order chi connectivity index (χ0) is 92.5. The summed E-state index contributed by atoms with van der Waals surface area (Å²) in [5, 5.41) is 13.3. The quantitative estimate of drug-likeness (QED) is 0.0121. The van der Waals surface area contributed by atoms with Gasteiger partial charge in [-0.3, -0.25) is 29.7 Å². The number of halogens is 7. The van der Waals surface area contributed by atoms with Crippen molar-refractivity contribution < 1.29 is 28.2 Å². The van der Waals surface area contributed by atoms with Crippen molar-refractivity contribution in [3.05, 3.63) is 362 Å². The average Bonchev–Trinajstić information content (AvgIpc) is 1.57. The van der Waals surface area contributed by atoms with Crippen molar-refractivity contribution in [2.75, 3.05) is 28.1 Å². The van der Waals surface area contributed by atoms with E-state index < -0.39 is 30.7 Å². The first kappa shape index (κ1) is 93.9. The van der Waals surface area contributed by atoms with E-state index in [4.69, 9.17) is 133 Å². The van der Waals surface area contributed by atoms with Crippen LogP contribution in [0.2, 0.25) is 30.1 Å². The Balaban J connectivity index is 0.000000132. The summed E-state index contributed by atoms with van der Waals surface area (Å²) in [5.41, 5.74) is 40.9. The second-order valence-electron chi connectivity index (χ2n) is 32.9. The first-order chi connectivity index (χ1) is 62.1. The van der Waals surface area contributed by atoms with E-state index in [1.165, 1.54) is 17.7 Å². The number of nitrogens with zero attached hydrogens (tertiary/aromatic N) is 5. The number of carbonyl (C=O) groups excluding carboxylic acids is 2. The highest BCUT2D eigenvalue weighted by Gasteiger charge is 2.53. The van der Waals surface area contributed by atoms with Crippen molar-refractivity contribution in [3.63, 3.8) is 0 Å². The molecule has 18 nitrogen and oxygen atoms in total. The Morgan fingerprint density at radius 1 is 0.400 bits per heavy atom. The van der Waals surface area contributed by atoms with Gasteiger partial charge in [-0.15, -0.1) is 0 Å². The largest absolute Gasteiger partial charge is 0.494 e. The predicted octanol–water partition coefficient (Wildman–Crippen LogP) is 26.2. The number of ketones is 1. The summed E-state index contributed by atoms with van der Waals surface area (Å²) < 4.78 is 29.8. The minimum absolute atomic E-state index is 0.0648. The monoisotopic (exact) mass is 1860 g/mol. The van der Waals surface area contributed by atoms with Crippen molar-refractivity contribution in [2.24, 2.45) is 10.9 Å². The molecule has 0 radical (unpaired) electrons. The number of nitrogen functional groups attached to an aromatic ring is 4. The number of hydrogen-bond acceptors (Lipinski definition) is 15. The van der Waals surface area contributed by atoms with Crippen LogP contribution in [0.1, 0.15) is 95.5 Å². The molecule has 0 bridgehead atoms. The number of para-hydroxylation sites is 5. The van der Waals surface area contributed by atoms with E-state index in [1.54, 1.807) is 60.7 Å². The number of rotatable bonds is 11. The number of anilines is 5. The molecule has 0 saturated carbocycles. The maximum atomic E-state index is 10.9. The van der Waals surface area contributed by atoms with Crippen molar-refractivity contribution in [1.82, 2.24) is 23.8 Å². The van der Waals surface area contributed by atoms with E-state index in [-0.39, 0.29) is 17.0 Å². The zero-order valence-corrected chi connectivity index (χ0v) is 78.1. The second-order valence-corrected chi connectivity index (χ2v) is 35.9. The maximum Gasteiger partial charge on any atom is 0.494 e. The van der Waals surface area contributed by atoms with Gasteiger partial charge in [-0.2, -0.15) is 5.10 Å². The lowest BCUT2D eigenvalue weighted by molar-refractivity contribution is 0.00578. The van der Waals surface area contributed by atoms with Crippen LogP contribution in [0.5, 0.6) is 0 Å². The Labute approximate surface area is 790 Å². The van der Waals surface area contributed by atoms with E-state index >= 15 is 0 Å². The molecule has 2 saturated heterocycles. The van der Waals surface area contributed by atoms with Crippen LogP contribution in [-0.2, 0) is 18.6 Å². The third-order valence-electron chi connectivity index (χ3n) is 22.9. The van der Waals surface area contributed by atoms with Gasteiger partial charge in [0, 0.05) is 124 Å². The van der Waals surface area contributed by atoms with E-state index in [1.807, 2.05) is 159 Å². The number of aromatic nitrogens is 5. The number of nitrogens with two attached hydrogens (primary N) is 4. The van der Waals surface area contributed by atoms with Crippen LogP contribution in [0.3, 0.4) is 0 Å². The van der Waals surface area contributed by atoms with Gasteiger partial charge in [-0.1, -0.05) is 197 Å². The first-order valence-corrected chi connectivity index (χ1v) is 44.2. The molecule has 2 aliphatic heterocycles. The molecule has 7 heterocycles. The van der Waals surface area contributed by atoms with E-state index in [0.717, 1.165) is 128 Å². The third kappa shape index (κ3) is 21.8. The Kier molecular flexibility index (Phi) is 29.2. The number of H-pyrrole nitrogens is 1. The summed E-state index contributed by atoms with van der Waals surface area (Å²) in [4.78, 5) is 34.8. The fraction of sp³-hybridized carbons (Fsp3) is 0.136. The van der Waals surface area contributed by atoms with Crippen LogP contribution in [0.4, 0.5) is 28.4 Å². The summed E-state index contributed by atoms with van der Waals surface area (Å²) >= 11 is 40.6. The molecule has 18 aromatic rings. The molecule has 27 heteroatoms. The molecule has 0 spiro atoms. The van der Waals surface area contributed by atoms with Gasteiger partial charge in [-0.05, 0) is 280 Å². The van der Waals surface area contributed by atoms with Gasteiger partial charge in [0.1, 0.15) is 11.6 Å². The summed E-state index contributed by atoms with van der Waals surface area (Å²) in [6.07, 6.45) is 0. The third-order valence-corrected chi connectivity index (χ3v) is 24.6. The molecule has 656 valence electrons. The molecule has 13 aromatic carbocycles. The molecule has 130 heavy (non-hydrogen) atoms. The Morgan fingerprint density at radius 3 is 1.29 bits per heavy atom. The fourth-order valence-corrected chi connectivity index (χ4v) is 15.6. The highest BCUT2D eigenvalue weighted by molar-refractivity contribution is 6.67. The lowest BCUT2D eigenvalue weighted by atomic mass is 9.78. The first-order valence-electron chi connectivity index (χ1n) is 41.6. The summed E-state index contributed by atoms with van der Waals surface area (Å²) in [6.45, 7) is 20.0. The lowest BCUT2D eigenvalue weighted by Crippen LogP contribution is -2.41. The molecule has 2 aliphatic rings. The smallest absolute Gasteiger partial charge is 0.399 e. The normalized spacial score (nSPS) is 13.9. The molecule has 0 amide bonds. The van der Waals surface area contributed by atoms with Crippen molar-refractivity contribution in [2.45, 2.75) is 91.6 Å². The van der Waals surface area contributed by atoms with Crippen LogP contribution in [-0.4, -0.2) is 77.1 Å². The highest BCUT2D eigenvalue weighted by Crippen LogP contribution is 2.41. The standard InChI is InChI=1S/C33H36B2N2O4.C21H12Cl2N2.C14H14ClN3.C14H11ClN2.C8H8ClNO.C7H4Cl2O.C6H8N2/c1-30(2)31(3,4)39-34(38-30)23-15-13-21(14-16-23)29-36-26-18-17-24(35-40-32(5,6)33(7,8)41-35)20-25(26)28-19-22-11-9-10-12-27(22)37(28)29;22-15-7-5-13(6-8-15)21-24-18-10-9-16(23)12-17(18)20-11-14-3-1-2-4-19(14)25(20)21;1-10(13-9-11(15)7-8-14(13)16)17-18-12-5-3-2-4-6-12;15-10-5-6-12(16)11(8-10)14-7-9-3-1-2-4-13(9)17-14;1-5(11)7-4-6(9)2-3-8(7)10;8-6-3-1-5(2-4-6)7(9)10;7-8-6-4-2-1-3-5-6/h9-20H,1-8H3;1-12H;2-9,18H,16H2,1H3;1-8,17H,16H2;2-4H,10H2,1H3;1-4H;1-5,8H,7H2/b;;17-10+;;;;. The average molecular weight is 1860 g/mol. The molecule has 11 N–H and O–H groups in total. The van der Waals surface area contributed by atoms with Gasteiger partial charge in [0.2, 0.25) is 0 Å². The minimum Gasteiger partial charge on any atom is -0.399 e. The molecule has 5 aromatic heterocycles. The van der Waals surface area contributed by atoms with Crippen molar-refractivity contribution >= 4 is 217 Å². The SMILES string of the molecule is C/C(=N\Nc1ccccc1)c1cc(Cl)ccc1N.CC(=O)c1cc(Cl)ccc1N.CC1(C)OB(c2ccc(-c3nc4ccc(B5OC(C)(C)C(C)(C)O5)cc4c4cc5ccccc5n34)cc2)OC1(C)C.Clc1ccc(-c2nc3ccc(Cl)cc3c3cc4ccccc4n23)cc1.NNc1ccccc1.Nc1ccc(Cl)cc1-c1cc2ccccc2[nH]1.O=C(Cl)c1ccc(Cl)cc1. The van der Waals surface area contributed by atoms with Crippen LogP contribution >= 0.6 is 81.2 Å². The molecule has 0 unspecified atom stereocenters. The van der Waals surface area contributed by atoms with Gasteiger partial charge in [0.25, 0.3) is 5.24 Å². The molecule has 20 rings (SSSR count). The number of aromatic amines is 1. The van der Waals surface area contributed by atoms with Crippen LogP contribution in [0, 0.1) is 0 Å². The molecule has 0 atom stereocenters.